The number of hydrogen-bond acceptors (Lipinski definition) is 1. The van der Waals surface area contributed by atoms with Crippen LogP contribution in [0.25, 0.3) is 11.1 Å². The smallest absolute Gasteiger partial charge is 0.132 e. The minimum atomic E-state index is 0.636. The Hall–Kier alpha value is -1.07. The minimum Gasteiger partial charge on any atom is -0.491 e. The molecule has 0 aliphatic carbocycles. The van der Waals surface area contributed by atoms with Crippen molar-refractivity contribution in [2.24, 2.45) is 0 Å². The number of likely N-dealkylation sites (N-methyl/N-ethyl adjacent to an activating group) is 1. The maximum absolute atomic E-state index is 5.67. The van der Waals surface area contributed by atoms with Gasteiger partial charge in [0.25, 0.3) is 0 Å². The summed E-state index contributed by atoms with van der Waals surface area (Å²) in [4.78, 5) is 0. The first-order valence-corrected chi connectivity index (χ1v) is 6.92. The van der Waals surface area contributed by atoms with E-state index in [1.807, 2.05) is 12.1 Å². The maximum atomic E-state index is 5.67. The highest BCUT2D eigenvalue weighted by Gasteiger charge is 2.03. The van der Waals surface area contributed by atoms with Crippen LogP contribution >= 0.6 is 22.6 Å². The maximum Gasteiger partial charge on any atom is 0.132 e. The molecular formula is C15H15INO. The second kappa shape index (κ2) is 6.75. The predicted octanol–water partition coefficient (Wildman–Crippen LogP) is 3.57. The van der Waals surface area contributed by atoms with E-state index in [-0.39, 0.29) is 0 Å². The molecule has 0 aliphatic heterocycles. The van der Waals surface area contributed by atoms with Crippen molar-refractivity contribution in [1.29, 1.82) is 0 Å². The van der Waals surface area contributed by atoms with E-state index in [0.29, 0.717) is 6.61 Å². The van der Waals surface area contributed by atoms with Gasteiger partial charge in [0.05, 0.1) is 3.57 Å². The number of nitrogens with zero attached hydrogens (tertiary/aromatic N) is 1. The molecular weight excluding hydrogens is 337 g/mol. The zero-order valence-electron chi connectivity index (χ0n) is 10.3. The number of benzene rings is 2. The molecule has 18 heavy (non-hydrogen) atoms. The summed E-state index contributed by atoms with van der Waals surface area (Å²) in [6.07, 6.45) is 0. The van der Waals surface area contributed by atoms with Gasteiger partial charge in [-0.05, 0) is 45.9 Å². The van der Waals surface area contributed by atoms with E-state index >= 15 is 0 Å². The molecule has 0 amide bonds. The Bertz CT molecular complexity index is 499. The molecule has 3 heteroatoms. The van der Waals surface area contributed by atoms with Gasteiger partial charge in [-0.15, -0.1) is 0 Å². The van der Waals surface area contributed by atoms with Gasteiger partial charge in [-0.1, -0.05) is 36.4 Å². The molecule has 0 saturated heterocycles. The van der Waals surface area contributed by atoms with Crippen LogP contribution in [0.3, 0.4) is 0 Å². The molecule has 2 nitrogen and oxygen atoms in total. The molecule has 0 bridgehead atoms. The molecule has 0 aromatic heterocycles. The second-order valence-electron chi connectivity index (χ2n) is 3.90. The minimum absolute atomic E-state index is 0.636. The van der Waals surface area contributed by atoms with Gasteiger partial charge in [0, 0.05) is 13.6 Å². The Labute approximate surface area is 122 Å². The molecule has 0 heterocycles. The quantitative estimate of drug-likeness (QED) is 0.596. The van der Waals surface area contributed by atoms with E-state index in [4.69, 9.17) is 4.74 Å². The average molecular weight is 352 g/mol. The second-order valence-corrected chi connectivity index (χ2v) is 5.06. The fourth-order valence-corrected chi connectivity index (χ4v) is 2.35. The van der Waals surface area contributed by atoms with Gasteiger partial charge in [-0.25, -0.2) is 5.32 Å². The first-order valence-electron chi connectivity index (χ1n) is 5.84. The monoisotopic (exact) mass is 352 g/mol. The summed E-state index contributed by atoms with van der Waals surface area (Å²) in [7, 11) is 1.80. The van der Waals surface area contributed by atoms with E-state index in [1.54, 1.807) is 7.05 Å². The van der Waals surface area contributed by atoms with E-state index in [0.717, 1.165) is 15.9 Å². The normalized spacial score (nSPS) is 10.3. The van der Waals surface area contributed by atoms with E-state index in [1.165, 1.54) is 11.1 Å². The first-order chi connectivity index (χ1) is 8.81. The predicted molar refractivity (Wildman–Crippen MR) is 83.0 cm³/mol. The standard InChI is InChI=1S/C15H15INO/c1-17-9-10-18-15-8-7-13(11-14(15)16)12-5-3-2-4-6-12/h2-8,11H,9-10H2,1H3. The fourth-order valence-electron chi connectivity index (χ4n) is 1.67. The lowest BCUT2D eigenvalue weighted by molar-refractivity contribution is 0.315. The van der Waals surface area contributed by atoms with Crippen molar-refractivity contribution in [3.8, 4) is 16.9 Å². The van der Waals surface area contributed by atoms with Crippen molar-refractivity contribution in [1.82, 2.24) is 5.32 Å². The molecule has 1 radical (unpaired) electrons. The van der Waals surface area contributed by atoms with Gasteiger partial charge >= 0.3 is 0 Å². The number of rotatable bonds is 5. The summed E-state index contributed by atoms with van der Waals surface area (Å²) in [5.41, 5.74) is 2.44. The number of ether oxygens (including phenoxy) is 1. The Morgan fingerprint density at radius 3 is 2.50 bits per heavy atom. The molecule has 2 aromatic rings. The molecule has 0 saturated carbocycles. The van der Waals surface area contributed by atoms with Crippen molar-refractivity contribution in [3.63, 3.8) is 0 Å². The Kier molecular flexibility index (Phi) is 5.01. The van der Waals surface area contributed by atoms with Crippen molar-refractivity contribution in [3.05, 3.63) is 52.1 Å². The third-order valence-corrected chi connectivity index (χ3v) is 3.45. The van der Waals surface area contributed by atoms with Crippen LogP contribution in [0.1, 0.15) is 0 Å². The van der Waals surface area contributed by atoms with E-state index in [9.17, 15) is 0 Å². The number of hydrogen-bond donors (Lipinski definition) is 0. The molecule has 0 N–H and O–H groups in total. The lowest BCUT2D eigenvalue weighted by Gasteiger charge is -2.09. The van der Waals surface area contributed by atoms with Gasteiger partial charge < -0.3 is 4.74 Å². The molecule has 93 valence electrons. The zero-order valence-corrected chi connectivity index (χ0v) is 12.4. The van der Waals surface area contributed by atoms with Crippen molar-refractivity contribution in [2.75, 3.05) is 20.2 Å². The van der Waals surface area contributed by atoms with Gasteiger partial charge in [0.2, 0.25) is 0 Å². The molecule has 0 spiro atoms. The van der Waals surface area contributed by atoms with Crippen LogP contribution in [0.5, 0.6) is 5.75 Å². The molecule has 0 fully saturated rings. The topological polar surface area (TPSA) is 23.3 Å². The Balaban J connectivity index is 2.15. The van der Waals surface area contributed by atoms with Gasteiger partial charge in [-0.3, -0.25) is 0 Å². The van der Waals surface area contributed by atoms with Crippen molar-refractivity contribution >= 4 is 22.6 Å². The fraction of sp³-hybridized carbons (Fsp3) is 0.200. The lowest BCUT2D eigenvalue weighted by Crippen LogP contribution is -2.10. The summed E-state index contributed by atoms with van der Waals surface area (Å²) in [6, 6.07) is 16.6. The molecule has 2 rings (SSSR count). The molecule has 2 aromatic carbocycles. The van der Waals surface area contributed by atoms with Crippen LogP contribution in [0.2, 0.25) is 0 Å². The first kappa shape index (κ1) is 13.4. The molecule has 0 unspecified atom stereocenters. The van der Waals surface area contributed by atoms with Crippen LogP contribution in [-0.2, 0) is 0 Å². The zero-order chi connectivity index (χ0) is 12.8. The van der Waals surface area contributed by atoms with Crippen molar-refractivity contribution < 1.29 is 4.74 Å². The summed E-state index contributed by atoms with van der Waals surface area (Å²) in [6.45, 7) is 1.37. The highest BCUT2D eigenvalue weighted by Crippen LogP contribution is 2.27. The van der Waals surface area contributed by atoms with Gasteiger partial charge in [0.1, 0.15) is 12.4 Å². The van der Waals surface area contributed by atoms with Crippen LogP contribution in [-0.4, -0.2) is 20.2 Å². The van der Waals surface area contributed by atoms with Crippen molar-refractivity contribution in [2.45, 2.75) is 0 Å². The highest BCUT2D eigenvalue weighted by atomic mass is 127. The molecule has 0 atom stereocenters. The molecule has 0 aliphatic rings. The van der Waals surface area contributed by atoms with Crippen LogP contribution in [0.15, 0.2) is 48.5 Å². The largest absolute Gasteiger partial charge is 0.491 e. The number of halogens is 1. The van der Waals surface area contributed by atoms with Gasteiger partial charge in [-0.2, -0.15) is 0 Å². The third kappa shape index (κ3) is 3.46. The SMILES string of the molecule is C[N]CCOc1ccc(-c2ccccc2)cc1I. The highest BCUT2D eigenvalue weighted by molar-refractivity contribution is 14.1. The summed E-state index contributed by atoms with van der Waals surface area (Å²) in [5, 5.41) is 4.02. The lowest BCUT2D eigenvalue weighted by atomic mass is 10.1. The average Bonchev–Trinajstić information content (AvgIpc) is 2.42. The van der Waals surface area contributed by atoms with Crippen LogP contribution < -0.4 is 10.1 Å². The summed E-state index contributed by atoms with van der Waals surface area (Å²) < 4.78 is 6.80. The van der Waals surface area contributed by atoms with E-state index in [2.05, 4.69) is 64.3 Å². The summed E-state index contributed by atoms with van der Waals surface area (Å²) in [5.74, 6) is 0.930. The third-order valence-electron chi connectivity index (χ3n) is 2.61. The van der Waals surface area contributed by atoms with Crippen LogP contribution in [0, 0.1) is 3.57 Å². The summed E-state index contributed by atoms with van der Waals surface area (Å²) >= 11 is 2.31. The Morgan fingerprint density at radius 2 is 1.83 bits per heavy atom. The Morgan fingerprint density at radius 1 is 1.06 bits per heavy atom. The van der Waals surface area contributed by atoms with Crippen LogP contribution in [0.4, 0.5) is 0 Å². The van der Waals surface area contributed by atoms with E-state index < -0.39 is 0 Å². The van der Waals surface area contributed by atoms with Gasteiger partial charge in [0.15, 0.2) is 0 Å².